The Morgan fingerprint density at radius 1 is 1.11 bits per heavy atom. The summed E-state index contributed by atoms with van der Waals surface area (Å²) < 4.78 is 78.8. The minimum Gasteiger partial charge on any atom is -0.495 e. The summed E-state index contributed by atoms with van der Waals surface area (Å²) in [7, 11) is 0.598. The molecule has 240 valence electrons. The molecule has 0 amide bonds. The Labute approximate surface area is 255 Å². The van der Waals surface area contributed by atoms with Crippen LogP contribution in [0.1, 0.15) is 18.5 Å². The Balaban J connectivity index is 1.51. The maximum absolute atomic E-state index is 13.6. The molecule has 2 aromatic carbocycles. The van der Waals surface area contributed by atoms with E-state index in [1.165, 1.54) is 36.9 Å². The first-order valence-corrected chi connectivity index (χ1v) is 15.6. The predicted octanol–water partition coefficient (Wildman–Crippen LogP) is 3.47. The van der Waals surface area contributed by atoms with Gasteiger partial charge >= 0.3 is 6.18 Å². The maximum Gasteiger partial charge on any atom is 0.406 e. The Hall–Kier alpha value is -3.48. The third-order valence-corrected chi connectivity index (χ3v) is 8.81. The number of methoxy groups -OCH3 is 2. The van der Waals surface area contributed by atoms with Gasteiger partial charge in [0.15, 0.2) is 0 Å². The molecule has 10 nitrogen and oxygen atoms in total. The molecule has 4 rings (SSSR count). The molecule has 0 aliphatic carbocycles. The van der Waals surface area contributed by atoms with Gasteiger partial charge in [0, 0.05) is 49.9 Å². The molecule has 1 fully saturated rings. The molecule has 1 saturated heterocycles. The second-order valence-electron chi connectivity index (χ2n) is 10.5. The third-order valence-electron chi connectivity index (χ3n) is 7.39. The van der Waals surface area contributed by atoms with Crippen LogP contribution in [0.5, 0.6) is 5.75 Å². The fourth-order valence-electron chi connectivity index (χ4n) is 5.26. The van der Waals surface area contributed by atoms with Gasteiger partial charge in [-0.3, -0.25) is 0 Å². The molecule has 2 heterocycles. The number of rotatable bonds is 12. The second-order valence-corrected chi connectivity index (χ2v) is 12.4. The van der Waals surface area contributed by atoms with Crippen molar-refractivity contribution in [1.82, 2.24) is 14.2 Å². The van der Waals surface area contributed by atoms with Gasteiger partial charge in [-0.2, -0.15) is 13.2 Å². The lowest BCUT2D eigenvalue weighted by Crippen LogP contribution is -2.43. The maximum atomic E-state index is 13.6. The summed E-state index contributed by atoms with van der Waals surface area (Å²) in [6.07, 6.45) is -3.36. The summed E-state index contributed by atoms with van der Waals surface area (Å²) in [5.74, 6) is 6.04. The number of nitrogens with zero attached hydrogens (tertiary/aromatic N) is 2. The number of alkyl halides is 3. The highest BCUT2D eigenvalue weighted by Gasteiger charge is 2.30. The van der Waals surface area contributed by atoms with Crippen molar-refractivity contribution in [3.8, 4) is 17.6 Å². The lowest BCUT2D eigenvalue weighted by Gasteiger charge is -2.34. The van der Waals surface area contributed by atoms with E-state index in [9.17, 15) is 26.7 Å². The lowest BCUT2D eigenvalue weighted by molar-refractivity contribution is -0.140. The number of fused-ring (bicyclic) bond motifs is 1. The van der Waals surface area contributed by atoms with Crippen LogP contribution >= 0.6 is 0 Å². The van der Waals surface area contributed by atoms with Gasteiger partial charge in [-0.15, -0.1) is 0 Å². The number of benzene rings is 2. The number of likely N-dealkylation sites (tertiary alicyclic amines) is 1. The van der Waals surface area contributed by atoms with Crippen LogP contribution in [0.2, 0.25) is 0 Å². The number of aliphatic hydroxyl groups is 1. The van der Waals surface area contributed by atoms with Crippen molar-refractivity contribution in [2.75, 3.05) is 64.7 Å². The fraction of sp³-hybridized carbons (Fsp3) is 0.467. The van der Waals surface area contributed by atoms with Crippen molar-refractivity contribution in [2.45, 2.75) is 42.6 Å². The van der Waals surface area contributed by atoms with Gasteiger partial charge in [0.2, 0.25) is 10.0 Å². The number of anilines is 2. The monoisotopic (exact) mass is 637 g/mol. The highest BCUT2D eigenvalue weighted by atomic mass is 32.2. The van der Waals surface area contributed by atoms with Gasteiger partial charge in [-0.1, -0.05) is 12.0 Å². The van der Waals surface area contributed by atoms with E-state index in [2.05, 4.69) is 32.1 Å². The van der Waals surface area contributed by atoms with E-state index in [0.29, 0.717) is 23.1 Å². The fourth-order valence-corrected chi connectivity index (χ4v) is 6.01. The topological polar surface area (TPSA) is 117 Å². The van der Waals surface area contributed by atoms with Crippen LogP contribution in [0.25, 0.3) is 10.9 Å². The summed E-state index contributed by atoms with van der Waals surface area (Å²) >= 11 is 0. The van der Waals surface area contributed by atoms with Gasteiger partial charge in [0.25, 0.3) is 0 Å². The highest BCUT2D eigenvalue weighted by molar-refractivity contribution is 7.89. The smallest absolute Gasteiger partial charge is 0.406 e. The van der Waals surface area contributed by atoms with Crippen LogP contribution in [0.15, 0.2) is 47.4 Å². The van der Waals surface area contributed by atoms with Gasteiger partial charge in [0.1, 0.15) is 12.3 Å². The number of sulfonamides is 1. The molecule has 3 aromatic rings. The number of halogens is 3. The van der Waals surface area contributed by atoms with Gasteiger partial charge in [0.05, 0.1) is 48.2 Å². The van der Waals surface area contributed by atoms with Crippen molar-refractivity contribution >= 4 is 32.3 Å². The normalized spacial score (nSPS) is 15.5. The van der Waals surface area contributed by atoms with E-state index in [-0.39, 0.29) is 35.5 Å². The second kappa shape index (κ2) is 14.5. The first kappa shape index (κ1) is 33.4. The molecule has 4 N–H and O–H groups in total. The van der Waals surface area contributed by atoms with E-state index >= 15 is 0 Å². The first-order valence-electron chi connectivity index (χ1n) is 14.1. The van der Waals surface area contributed by atoms with Crippen molar-refractivity contribution in [1.29, 1.82) is 0 Å². The number of piperidine rings is 1. The SMILES string of the molecule is CNS(=O)(=O)c1ccc(NCC#Cc2cc3c(NC4CCN(CC(O)COC)CC4)cccc3n2CC(F)(F)F)c(OC)c1. The zero-order valence-electron chi connectivity index (χ0n) is 24.9. The van der Waals surface area contributed by atoms with Crippen LogP contribution < -0.4 is 20.1 Å². The summed E-state index contributed by atoms with van der Waals surface area (Å²) in [5.41, 5.74) is 1.87. The standard InChI is InChI=1S/C30H38F3N5O5S/c1-34-44(40,41)24-9-10-27(29(17-24)43-3)35-13-5-6-22-16-25-26(7-4-8-28(25)38(22)20-30(31,32)33)36-21-11-14-37(15-12-21)18-23(39)19-42-2/h4,7-10,16-17,21,23,34-36,39H,11-15,18-20H2,1-3H3. The zero-order valence-corrected chi connectivity index (χ0v) is 25.7. The number of hydrogen-bond donors (Lipinski definition) is 4. The molecule has 1 unspecified atom stereocenters. The number of nitrogens with one attached hydrogen (secondary N) is 3. The number of hydrogen-bond acceptors (Lipinski definition) is 8. The average molecular weight is 638 g/mol. The number of aliphatic hydroxyl groups excluding tert-OH is 1. The Kier molecular flexibility index (Phi) is 11.0. The first-order chi connectivity index (χ1) is 20.9. The Morgan fingerprint density at radius 2 is 1.86 bits per heavy atom. The zero-order chi connectivity index (χ0) is 31.9. The predicted molar refractivity (Wildman–Crippen MR) is 164 cm³/mol. The molecule has 0 radical (unpaired) electrons. The molecule has 14 heteroatoms. The molecule has 0 saturated carbocycles. The molecule has 1 aromatic heterocycles. The van der Waals surface area contributed by atoms with Crippen LogP contribution in [-0.4, -0.2) is 95.4 Å². The largest absolute Gasteiger partial charge is 0.495 e. The van der Waals surface area contributed by atoms with Crippen molar-refractivity contribution in [3.63, 3.8) is 0 Å². The number of aromatic nitrogens is 1. The number of β-amino-alcohol motifs (C(OH)–C–C–N with tert-alkyl or cyclic N) is 1. The van der Waals surface area contributed by atoms with E-state index in [1.807, 2.05) is 6.07 Å². The third kappa shape index (κ3) is 8.58. The Morgan fingerprint density at radius 3 is 2.52 bits per heavy atom. The van der Waals surface area contributed by atoms with E-state index in [4.69, 9.17) is 9.47 Å². The van der Waals surface area contributed by atoms with Gasteiger partial charge < -0.3 is 34.7 Å². The van der Waals surface area contributed by atoms with E-state index < -0.39 is 28.8 Å². The molecular formula is C30H38F3N5O5S. The van der Waals surface area contributed by atoms with Crippen LogP contribution in [-0.2, 0) is 21.3 Å². The van der Waals surface area contributed by atoms with Crippen LogP contribution in [0.3, 0.4) is 0 Å². The minimum absolute atomic E-state index is 0.0287. The van der Waals surface area contributed by atoms with E-state index in [1.54, 1.807) is 25.3 Å². The molecule has 0 bridgehead atoms. The summed E-state index contributed by atoms with van der Waals surface area (Å²) in [5, 5.41) is 17.2. The molecule has 1 atom stereocenters. The molecule has 44 heavy (non-hydrogen) atoms. The van der Waals surface area contributed by atoms with E-state index in [0.717, 1.165) is 31.6 Å². The molecule has 1 aliphatic heterocycles. The van der Waals surface area contributed by atoms with Crippen molar-refractivity contribution in [3.05, 3.63) is 48.2 Å². The Bertz CT molecular complexity index is 1590. The summed E-state index contributed by atoms with van der Waals surface area (Å²) in [4.78, 5) is 2.21. The quantitative estimate of drug-likeness (QED) is 0.223. The lowest BCUT2D eigenvalue weighted by atomic mass is 10.0. The highest BCUT2D eigenvalue weighted by Crippen LogP contribution is 2.32. The van der Waals surface area contributed by atoms with Crippen molar-refractivity contribution in [2.24, 2.45) is 0 Å². The number of ether oxygens (including phenoxy) is 2. The minimum atomic E-state index is -4.45. The summed E-state index contributed by atoms with van der Waals surface area (Å²) in [6, 6.07) is 11.4. The van der Waals surface area contributed by atoms with Crippen LogP contribution in [0.4, 0.5) is 24.5 Å². The molecule has 1 aliphatic rings. The summed E-state index contributed by atoms with van der Waals surface area (Å²) in [6.45, 7) is 1.27. The van der Waals surface area contributed by atoms with Crippen LogP contribution in [0, 0.1) is 11.8 Å². The van der Waals surface area contributed by atoms with Crippen molar-refractivity contribution < 1.29 is 36.2 Å². The molecular weight excluding hydrogens is 599 g/mol. The van der Waals surface area contributed by atoms with Gasteiger partial charge in [-0.25, -0.2) is 13.1 Å². The molecule has 0 spiro atoms. The van der Waals surface area contributed by atoms with Gasteiger partial charge in [-0.05, 0) is 56.1 Å². The average Bonchev–Trinajstić information content (AvgIpc) is 3.32.